The summed E-state index contributed by atoms with van der Waals surface area (Å²) < 4.78 is 0. The summed E-state index contributed by atoms with van der Waals surface area (Å²) in [6, 6.07) is 8.74. The van der Waals surface area contributed by atoms with Gasteiger partial charge in [-0.3, -0.25) is 0 Å². The number of benzene rings is 1. The average Bonchev–Trinajstić information content (AvgIpc) is 2.29. The molecule has 0 saturated heterocycles. The van der Waals surface area contributed by atoms with Gasteiger partial charge in [-0.1, -0.05) is 43.7 Å². The lowest BCUT2D eigenvalue weighted by atomic mass is 9.84. The van der Waals surface area contributed by atoms with Crippen molar-refractivity contribution >= 4 is 0 Å². The molecule has 0 aromatic heterocycles. The first-order valence-electron chi connectivity index (χ1n) is 6.19. The maximum Gasteiger partial charge on any atom is 0.0290 e. The lowest BCUT2D eigenvalue weighted by Crippen LogP contribution is -2.43. The van der Waals surface area contributed by atoms with Crippen molar-refractivity contribution in [3.63, 3.8) is 0 Å². The summed E-state index contributed by atoms with van der Waals surface area (Å²) in [5.74, 6) is 0. The lowest BCUT2D eigenvalue weighted by Gasteiger charge is -2.26. The summed E-state index contributed by atoms with van der Waals surface area (Å²) in [6.45, 7) is 8.78. The van der Waals surface area contributed by atoms with Crippen molar-refractivity contribution in [1.29, 1.82) is 0 Å². The first kappa shape index (κ1) is 14.2. The van der Waals surface area contributed by atoms with Crippen LogP contribution in [-0.2, 0) is 5.41 Å². The van der Waals surface area contributed by atoms with Crippen molar-refractivity contribution in [1.82, 2.24) is 5.32 Å². The summed E-state index contributed by atoms with van der Waals surface area (Å²) in [6.07, 6.45) is 0. The second-order valence-corrected chi connectivity index (χ2v) is 5.38. The SMILES string of the molecule is Cc1ccc(C(C)(C)CNCC(N)CN)cc1. The Balaban J connectivity index is 2.53. The quantitative estimate of drug-likeness (QED) is 0.693. The molecule has 1 aromatic rings. The van der Waals surface area contributed by atoms with Crippen LogP contribution < -0.4 is 16.8 Å². The van der Waals surface area contributed by atoms with E-state index in [9.17, 15) is 0 Å². The molecule has 0 bridgehead atoms. The highest BCUT2D eigenvalue weighted by atomic mass is 14.9. The maximum atomic E-state index is 5.77. The van der Waals surface area contributed by atoms with Gasteiger partial charge in [0.15, 0.2) is 0 Å². The van der Waals surface area contributed by atoms with Gasteiger partial charge < -0.3 is 16.8 Å². The number of hydrogen-bond donors (Lipinski definition) is 3. The smallest absolute Gasteiger partial charge is 0.0290 e. The molecule has 0 heterocycles. The van der Waals surface area contributed by atoms with Crippen molar-refractivity contribution in [2.24, 2.45) is 11.5 Å². The molecule has 0 aliphatic heterocycles. The molecule has 1 atom stereocenters. The minimum Gasteiger partial charge on any atom is -0.329 e. The molecule has 17 heavy (non-hydrogen) atoms. The largest absolute Gasteiger partial charge is 0.329 e. The number of hydrogen-bond acceptors (Lipinski definition) is 3. The van der Waals surface area contributed by atoms with Crippen LogP contribution >= 0.6 is 0 Å². The Labute approximate surface area is 105 Å². The molecule has 0 aliphatic rings. The van der Waals surface area contributed by atoms with Gasteiger partial charge in [0.2, 0.25) is 0 Å². The van der Waals surface area contributed by atoms with E-state index in [1.807, 2.05) is 0 Å². The number of nitrogens with two attached hydrogens (primary N) is 2. The molecule has 3 nitrogen and oxygen atoms in total. The zero-order chi connectivity index (χ0) is 12.9. The van der Waals surface area contributed by atoms with Crippen LogP contribution in [0.2, 0.25) is 0 Å². The number of nitrogens with one attached hydrogen (secondary N) is 1. The molecule has 3 heteroatoms. The molecule has 0 aliphatic carbocycles. The van der Waals surface area contributed by atoms with E-state index in [0.717, 1.165) is 13.1 Å². The van der Waals surface area contributed by atoms with Crippen LogP contribution in [0.1, 0.15) is 25.0 Å². The molecule has 1 rings (SSSR count). The molecule has 1 aromatic carbocycles. The summed E-state index contributed by atoms with van der Waals surface area (Å²) in [4.78, 5) is 0. The van der Waals surface area contributed by atoms with Crippen LogP contribution in [0.15, 0.2) is 24.3 Å². The minimum atomic E-state index is 0.0452. The molecule has 0 fully saturated rings. The van der Waals surface area contributed by atoms with Crippen molar-refractivity contribution < 1.29 is 0 Å². The van der Waals surface area contributed by atoms with Gasteiger partial charge in [0.1, 0.15) is 0 Å². The van der Waals surface area contributed by atoms with Crippen molar-refractivity contribution in [3.05, 3.63) is 35.4 Å². The van der Waals surface area contributed by atoms with Gasteiger partial charge in [0, 0.05) is 31.1 Å². The standard InChI is InChI=1S/C14H25N3/c1-11-4-6-12(7-5-11)14(2,3)10-17-9-13(16)8-15/h4-7,13,17H,8-10,15-16H2,1-3H3. The molecule has 96 valence electrons. The Bertz CT molecular complexity index is 330. The highest BCUT2D eigenvalue weighted by molar-refractivity contribution is 5.27. The molecule has 0 saturated carbocycles. The summed E-state index contributed by atoms with van der Waals surface area (Å²) in [5.41, 5.74) is 14.0. The van der Waals surface area contributed by atoms with Gasteiger partial charge in [0.25, 0.3) is 0 Å². The predicted molar refractivity (Wildman–Crippen MR) is 74.1 cm³/mol. The third kappa shape index (κ3) is 4.46. The molecule has 0 amide bonds. The third-order valence-electron chi connectivity index (χ3n) is 3.11. The zero-order valence-electron chi connectivity index (χ0n) is 11.2. The van der Waals surface area contributed by atoms with Gasteiger partial charge in [-0.2, -0.15) is 0 Å². The highest BCUT2D eigenvalue weighted by Gasteiger charge is 2.19. The van der Waals surface area contributed by atoms with Crippen LogP contribution in [0, 0.1) is 6.92 Å². The highest BCUT2D eigenvalue weighted by Crippen LogP contribution is 2.22. The van der Waals surface area contributed by atoms with E-state index in [-0.39, 0.29) is 11.5 Å². The second-order valence-electron chi connectivity index (χ2n) is 5.38. The zero-order valence-corrected chi connectivity index (χ0v) is 11.2. The summed E-state index contributed by atoms with van der Waals surface area (Å²) in [7, 11) is 0. The first-order valence-corrected chi connectivity index (χ1v) is 6.19. The first-order chi connectivity index (χ1) is 7.95. The number of aryl methyl sites for hydroxylation is 1. The van der Waals surface area contributed by atoms with E-state index in [1.165, 1.54) is 11.1 Å². The monoisotopic (exact) mass is 235 g/mol. The molecule has 0 radical (unpaired) electrons. The van der Waals surface area contributed by atoms with E-state index in [0.29, 0.717) is 6.54 Å². The van der Waals surface area contributed by atoms with Crippen molar-refractivity contribution in [2.75, 3.05) is 19.6 Å². The molecule has 1 unspecified atom stereocenters. The average molecular weight is 235 g/mol. The third-order valence-corrected chi connectivity index (χ3v) is 3.11. The van der Waals surface area contributed by atoms with E-state index in [1.54, 1.807) is 0 Å². The Hall–Kier alpha value is -0.900. The van der Waals surface area contributed by atoms with Gasteiger partial charge >= 0.3 is 0 Å². The molecular formula is C14H25N3. The van der Waals surface area contributed by atoms with Crippen molar-refractivity contribution in [2.45, 2.75) is 32.2 Å². The van der Waals surface area contributed by atoms with Gasteiger partial charge in [-0.05, 0) is 12.5 Å². The van der Waals surface area contributed by atoms with Gasteiger partial charge in [0.05, 0.1) is 0 Å². The Kier molecular flexibility index (Phi) is 5.12. The lowest BCUT2D eigenvalue weighted by molar-refractivity contribution is 0.454. The Morgan fingerprint density at radius 2 is 1.82 bits per heavy atom. The van der Waals surface area contributed by atoms with Gasteiger partial charge in [-0.25, -0.2) is 0 Å². The van der Waals surface area contributed by atoms with Gasteiger partial charge in [-0.15, -0.1) is 0 Å². The Morgan fingerprint density at radius 1 is 1.24 bits per heavy atom. The fraction of sp³-hybridized carbons (Fsp3) is 0.571. The van der Waals surface area contributed by atoms with Crippen LogP contribution in [0.25, 0.3) is 0 Å². The van der Waals surface area contributed by atoms with E-state index in [4.69, 9.17) is 11.5 Å². The normalized spacial score (nSPS) is 13.7. The second kappa shape index (κ2) is 6.15. The van der Waals surface area contributed by atoms with Crippen molar-refractivity contribution in [3.8, 4) is 0 Å². The molecule has 0 spiro atoms. The van der Waals surface area contributed by atoms with E-state index < -0.39 is 0 Å². The Morgan fingerprint density at radius 3 is 2.35 bits per heavy atom. The van der Waals surface area contributed by atoms with Crippen LogP contribution in [0.3, 0.4) is 0 Å². The molecule has 5 N–H and O–H groups in total. The minimum absolute atomic E-state index is 0.0452. The topological polar surface area (TPSA) is 64.1 Å². The fourth-order valence-electron chi connectivity index (χ4n) is 1.76. The van der Waals surface area contributed by atoms with Crippen LogP contribution in [0.4, 0.5) is 0 Å². The van der Waals surface area contributed by atoms with Crippen LogP contribution in [0.5, 0.6) is 0 Å². The molecular weight excluding hydrogens is 210 g/mol. The summed E-state index contributed by atoms with van der Waals surface area (Å²) in [5, 5.41) is 3.38. The number of rotatable bonds is 6. The van der Waals surface area contributed by atoms with E-state index >= 15 is 0 Å². The fourth-order valence-corrected chi connectivity index (χ4v) is 1.76. The predicted octanol–water partition coefficient (Wildman–Crippen LogP) is 1.15. The summed E-state index contributed by atoms with van der Waals surface area (Å²) >= 11 is 0. The maximum absolute atomic E-state index is 5.77. The van der Waals surface area contributed by atoms with E-state index in [2.05, 4.69) is 50.4 Å². The van der Waals surface area contributed by atoms with Crippen LogP contribution in [-0.4, -0.2) is 25.7 Å².